The summed E-state index contributed by atoms with van der Waals surface area (Å²) in [7, 11) is 0. The van der Waals surface area contributed by atoms with Gasteiger partial charge in [-0.05, 0) is 30.0 Å². The van der Waals surface area contributed by atoms with Gasteiger partial charge in [-0.15, -0.1) is 0 Å². The largest absolute Gasteiger partial charge is 0.338 e. The van der Waals surface area contributed by atoms with Gasteiger partial charge in [0.15, 0.2) is 0 Å². The number of rotatable bonds is 7. The molecular formula is C15H25N3O. The van der Waals surface area contributed by atoms with Crippen LogP contribution in [0.5, 0.6) is 0 Å². The van der Waals surface area contributed by atoms with E-state index in [0.717, 1.165) is 36.6 Å². The van der Waals surface area contributed by atoms with E-state index >= 15 is 0 Å². The molecule has 4 nitrogen and oxygen atoms in total. The van der Waals surface area contributed by atoms with Crippen molar-refractivity contribution in [2.75, 3.05) is 11.9 Å². The number of urea groups is 1. The van der Waals surface area contributed by atoms with E-state index in [0.29, 0.717) is 6.54 Å². The average molecular weight is 263 g/mol. The van der Waals surface area contributed by atoms with Crippen LogP contribution in [-0.2, 0) is 6.54 Å². The molecule has 0 saturated carbocycles. The minimum atomic E-state index is -0.154. The molecule has 1 aromatic carbocycles. The Balaban J connectivity index is 2.23. The highest BCUT2D eigenvalue weighted by molar-refractivity contribution is 5.89. The molecule has 0 radical (unpaired) electrons. The van der Waals surface area contributed by atoms with E-state index in [4.69, 9.17) is 5.73 Å². The van der Waals surface area contributed by atoms with E-state index in [1.165, 1.54) is 6.42 Å². The van der Waals surface area contributed by atoms with E-state index in [9.17, 15) is 4.79 Å². The molecule has 1 rings (SSSR count). The number of unbranched alkanes of at least 4 members (excludes halogenated alkanes) is 1. The lowest BCUT2D eigenvalue weighted by atomic mass is 10.1. The van der Waals surface area contributed by atoms with Crippen LogP contribution < -0.4 is 16.4 Å². The molecule has 0 aliphatic heterocycles. The summed E-state index contributed by atoms with van der Waals surface area (Å²) in [5.74, 6) is 0.729. The van der Waals surface area contributed by atoms with Crippen molar-refractivity contribution in [3.8, 4) is 0 Å². The van der Waals surface area contributed by atoms with Crippen LogP contribution in [0.4, 0.5) is 10.5 Å². The van der Waals surface area contributed by atoms with Crippen molar-refractivity contribution >= 4 is 11.7 Å². The molecule has 0 fully saturated rings. The van der Waals surface area contributed by atoms with Crippen LogP contribution >= 0.6 is 0 Å². The number of carbonyl (C=O) groups excluding carboxylic acids is 1. The Morgan fingerprint density at radius 1 is 1.32 bits per heavy atom. The number of benzene rings is 1. The van der Waals surface area contributed by atoms with Gasteiger partial charge in [0.25, 0.3) is 0 Å². The summed E-state index contributed by atoms with van der Waals surface area (Å²) in [6, 6.07) is 7.42. The molecular weight excluding hydrogens is 238 g/mol. The van der Waals surface area contributed by atoms with Crippen LogP contribution in [0.1, 0.15) is 38.7 Å². The molecule has 1 aromatic rings. The molecule has 0 aliphatic rings. The second kappa shape index (κ2) is 8.53. The monoisotopic (exact) mass is 263 g/mol. The second-order valence-corrected chi connectivity index (χ2v) is 5.18. The van der Waals surface area contributed by atoms with Gasteiger partial charge in [-0.3, -0.25) is 0 Å². The minimum Gasteiger partial charge on any atom is -0.338 e. The molecule has 0 heterocycles. The number of carbonyl (C=O) groups is 1. The molecule has 106 valence electrons. The van der Waals surface area contributed by atoms with Gasteiger partial charge in [0, 0.05) is 18.8 Å². The maximum absolute atomic E-state index is 11.7. The maximum atomic E-state index is 11.7. The molecule has 2 amide bonds. The Bertz CT molecular complexity index is 391. The first-order valence-electron chi connectivity index (χ1n) is 6.95. The second-order valence-electron chi connectivity index (χ2n) is 5.18. The van der Waals surface area contributed by atoms with Crippen molar-refractivity contribution < 1.29 is 4.79 Å². The maximum Gasteiger partial charge on any atom is 0.319 e. The third-order valence-corrected chi connectivity index (χ3v) is 2.91. The first kappa shape index (κ1) is 15.5. The van der Waals surface area contributed by atoms with Crippen LogP contribution in [0.2, 0.25) is 0 Å². The molecule has 4 heteroatoms. The Morgan fingerprint density at radius 3 is 2.79 bits per heavy atom. The van der Waals surface area contributed by atoms with E-state index in [1.807, 2.05) is 24.3 Å². The molecule has 0 atom stereocenters. The van der Waals surface area contributed by atoms with Crippen LogP contribution in [0.15, 0.2) is 24.3 Å². The lowest BCUT2D eigenvalue weighted by molar-refractivity contribution is 0.252. The van der Waals surface area contributed by atoms with E-state index in [2.05, 4.69) is 24.5 Å². The van der Waals surface area contributed by atoms with Gasteiger partial charge in [0.1, 0.15) is 0 Å². The zero-order chi connectivity index (χ0) is 14.1. The summed E-state index contributed by atoms with van der Waals surface area (Å²) in [5.41, 5.74) is 7.35. The zero-order valence-corrected chi connectivity index (χ0v) is 11.9. The van der Waals surface area contributed by atoms with Gasteiger partial charge >= 0.3 is 6.03 Å². The van der Waals surface area contributed by atoms with Gasteiger partial charge in [-0.25, -0.2) is 4.79 Å². The van der Waals surface area contributed by atoms with Gasteiger partial charge in [-0.2, -0.15) is 0 Å². The van der Waals surface area contributed by atoms with Crippen molar-refractivity contribution in [3.63, 3.8) is 0 Å². The Labute approximate surface area is 115 Å². The number of hydrogen-bond acceptors (Lipinski definition) is 2. The van der Waals surface area contributed by atoms with Gasteiger partial charge in [0.05, 0.1) is 0 Å². The average Bonchev–Trinajstić information content (AvgIpc) is 2.38. The van der Waals surface area contributed by atoms with Crippen LogP contribution in [-0.4, -0.2) is 12.6 Å². The minimum absolute atomic E-state index is 0.154. The van der Waals surface area contributed by atoms with Crippen molar-refractivity contribution in [2.24, 2.45) is 11.7 Å². The smallest absolute Gasteiger partial charge is 0.319 e. The summed E-state index contributed by atoms with van der Waals surface area (Å²) in [4.78, 5) is 11.7. The van der Waals surface area contributed by atoms with Crippen molar-refractivity contribution in [3.05, 3.63) is 29.8 Å². The molecule has 0 aromatic heterocycles. The van der Waals surface area contributed by atoms with E-state index < -0.39 is 0 Å². The Kier molecular flexibility index (Phi) is 6.97. The quantitative estimate of drug-likeness (QED) is 0.662. The fourth-order valence-electron chi connectivity index (χ4n) is 1.83. The van der Waals surface area contributed by atoms with Gasteiger partial charge in [-0.1, -0.05) is 38.8 Å². The molecule has 19 heavy (non-hydrogen) atoms. The summed E-state index contributed by atoms with van der Waals surface area (Å²) < 4.78 is 0. The van der Waals surface area contributed by atoms with Crippen LogP contribution in [0, 0.1) is 5.92 Å². The van der Waals surface area contributed by atoms with Gasteiger partial charge in [0.2, 0.25) is 0 Å². The lowest BCUT2D eigenvalue weighted by Crippen LogP contribution is -2.29. The number of nitrogens with one attached hydrogen (secondary N) is 2. The summed E-state index contributed by atoms with van der Waals surface area (Å²) in [6.07, 6.45) is 3.39. The Morgan fingerprint density at radius 2 is 2.11 bits per heavy atom. The molecule has 0 unspecified atom stereocenters. The summed E-state index contributed by atoms with van der Waals surface area (Å²) in [6.45, 7) is 5.62. The molecule has 0 spiro atoms. The normalized spacial score (nSPS) is 10.5. The summed E-state index contributed by atoms with van der Waals surface area (Å²) >= 11 is 0. The molecule has 4 N–H and O–H groups in total. The third kappa shape index (κ3) is 6.82. The van der Waals surface area contributed by atoms with E-state index in [1.54, 1.807) is 0 Å². The first-order chi connectivity index (χ1) is 9.11. The van der Waals surface area contributed by atoms with E-state index in [-0.39, 0.29) is 6.03 Å². The lowest BCUT2D eigenvalue weighted by Gasteiger charge is -2.09. The molecule has 0 saturated heterocycles. The zero-order valence-electron chi connectivity index (χ0n) is 11.9. The van der Waals surface area contributed by atoms with Crippen LogP contribution in [0.25, 0.3) is 0 Å². The number of amides is 2. The van der Waals surface area contributed by atoms with Gasteiger partial charge < -0.3 is 16.4 Å². The predicted octanol–water partition coefficient (Wildman–Crippen LogP) is 3.09. The molecule has 0 bridgehead atoms. The number of anilines is 1. The van der Waals surface area contributed by atoms with Crippen molar-refractivity contribution in [2.45, 2.75) is 39.7 Å². The highest BCUT2D eigenvalue weighted by atomic mass is 16.2. The fraction of sp³-hybridized carbons (Fsp3) is 0.533. The van der Waals surface area contributed by atoms with Crippen molar-refractivity contribution in [1.29, 1.82) is 0 Å². The van der Waals surface area contributed by atoms with Crippen LogP contribution in [0.3, 0.4) is 0 Å². The number of hydrogen-bond donors (Lipinski definition) is 3. The highest BCUT2D eigenvalue weighted by Crippen LogP contribution is 2.10. The molecule has 0 aliphatic carbocycles. The fourth-order valence-corrected chi connectivity index (χ4v) is 1.83. The SMILES string of the molecule is CC(C)CCCCNC(=O)Nc1cccc(CN)c1. The van der Waals surface area contributed by atoms with Crippen molar-refractivity contribution in [1.82, 2.24) is 5.32 Å². The third-order valence-electron chi connectivity index (χ3n) is 2.91. The highest BCUT2D eigenvalue weighted by Gasteiger charge is 2.01. The standard InChI is InChI=1S/C15H25N3O/c1-12(2)6-3-4-9-17-15(19)18-14-8-5-7-13(10-14)11-16/h5,7-8,10,12H,3-4,6,9,11,16H2,1-2H3,(H2,17,18,19). The summed E-state index contributed by atoms with van der Waals surface area (Å²) in [5, 5.41) is 5.67. The Hall–Kier alpha value is -1.55. The number of nitrogens with two attached hydrogens (primary N) is 1. The predicted molar refractivity (Wildman–Crippen MR) is 80.0 cm³/mol. The first-order valence-corrected chi connectivity index (χ1v) is 6.95. The topological polar surface area (TPSA) is 67.2 Å².